The number of benzene rings is 2. The molecule has 0 heterocycles. The molecule has 1 atom stereocenters. The van der Waals surface area contributed by atoms with Crippen LogP contribution < -0.4 is 10.6 Å². The van der Waals surface area contributed by atoms with Gasteiger partial charge < -0.3 is 9.84 Å². The van der Waals surface area contributed by atoms with Crippen LogP contribution >= 0.6 is 7.37 Å². The van der Waals surface area contributed by atoms with E-state index < -0.39 is 7.37 Å². The van der Waals surface area contributed by atoms with Crippen LogP contribution in [0.4, 0.5) is 5.69 Å². The van der Waals surface area contributed by atoms with Gasteiger partial charge >= 0.3 is 0 Å². The van der Waals surface area contributed by atoms with Crippen molar-refractivity contribution in [1.29, 1.82) is 0 Å². The number of hydrogen-bond acceptors (Lipinski definition) is 3. The van der Waals surface area contributed by atoms with Crippen molar-refractivity contribution in [2.24, 2.45) is 0 Å². The van der Waals surface area contributed by atoms with Crippen molar-refractivity contribution >= 4 is 18.4 Å². The molecule has 0 aliphatic heterocycles. The van der Waals surface area contributed by atoms with Gasteiger partial charge in [-0.3, -0.25) is 4.57 Å². The fraction of sp³-hybridized carbons (Fsp3) is 0.294. The minimum atomic E-state index is -2.88. The maximum atomic E-state index is 13.3. The molecular formula is C17H22NO2P. The van der Waals surface area contributed by atoms with Crippen LogP contribution in [0.2, 0.25) is 0 Å². The van der Waals surface area contributed by atoms with Gasteiger partial charge in [0.2, 0.25) is 7.37 Å². The van der Waals surface area contributed by atoms with E-state index in [0.717, 1.165) is 23.1 Å². The molecule has 21 heavy (non-hydrogen) atoms. The Hall–Kier alpha value is -1.57. The Bertz CT molecular complexity index is 613. The minimum absolute atomic E-state index is 0.411. The van der Waals surface area contributed by atoms with Gasteiger partial charge in [0.05, 0.1) is 12.8 Å². The maximum Gasteiger partial charge on any atom is 0.236 e. The predicted octanol–water partition coefficient (Wildman–Crippen LogP) is 4.26. The van der Waals surface area contributed by atoms with Crippen LogP contribution in [0, 0.1) is 0 Å². The van der Waals surface area contributed by atoms with Crippen LogP contribution in [0.15, 0.2) is 54.6 Å². The van der Waals surface area contributed by atoms with Crippen LogP contribution in [0.5, 0.6) is 0 Å². The number of hydrogen-bond donors (Lipinski definition) is 1. The molecule has 1 unspecified atom stereocenters. The zero-order valence-electron chi connectivity index (χ0n) is 12.6. The van der Waals surface area contributed by atoms with Crippen LogP contribution in [-0.2, 0) is 15.3 Å². The first-order valence-electron chi connectivity index (χ1n) is 7.30. The van der Waals surface area contributed by atoms with E-state index in [4.69, 9.17) is 4.52 Å². The second-order valence-electron chi connectivity index (χ2n) is 4.77. The molecule has 0 fully saturated rings. The molecule has 0 saturated carbocycles. The summed E-state index contributed by atoms with van der Waals surface area (Å²) < 4.78 is 19.0. The monoisotopic (exact) mass is 303 g/mol. The summed E-state index contributed by atoms with van der Waals surface area (Å²) in [5.74, 6) is 0. The zero-order valence-corrected chi connectivity index (χ0v) is 13.5. The smallest absolute Gasteiger partial charge is 0.236 e. The summed E-state index contributed by atoms with van der Waals surface area (Å²) in [6.07, 6.45) is 0.411. The Morgan fingerprint density at radius 3 is 2.33 bits per heavy atom. The van der Waals surface area contributed by atoms with E-state index >= 15 is 0 Å². The first-order chi connectivity index (χ1) is 10.2. The Morgan fingerprint density at radius 2 is 1.67 bits per heavy atom. The van der Waals surface area contributed by atoms with Gasteiger partial charge in [0.25, 0.3) is 0 Å². The molecule has 3 nitrogen and oxygen atoms in total. The molecular weight excluding hydrogens is 281 g/mol. The molecule has 1 N–H and O–H groups in total. The molecule has 0 aromatic heterocycles. The van der Waals surface area contributed by atoms with E-state index in [9.17, 15) is 4.57 Å². The lowest BCUT2D eigenvalue weighted by molar-refractivity contribution is 0.340. The quantitative estimate of drug-likeness (QED) is 0.777. The standard InChI is InChI=1S/C17H22NO2P/c1-3-18-17-13-9-8-10-15(17)14-21(19,20-4-2)16-11-6-5-7-12-16/h5-13,18H,3-4,14H2,1-2H3. The van der Waals surface area contributed by atoms with Crippen molar-refractivity contribution in [1.82, 2.24) is 0 Å². The van der Waals surface area contributed by atoms with Crippen LogP contribution in [0.25, 0.3) is 0 Å². The Kier molecular flexibility index (Phi) is 5.60. The lowest BCUT2D eigenvalue weighted by Crippen LogP contribution is -2.10. The van der Waals surface area contributed by atoms with Crippen LogP contribution in [0.3, 0.4) is 0 Å². The topological polar surface area (TPSA) is 38.3 Å². The normalized spacial score (nSPS) is 13.6. The summed E-state index contributed by atoms with van der Waals surface area (Å²) in [6.45, 7) is 5.21. The summed E-state index contributed by atoms with van der Waals surface area (Å²) in [4.78, 5) is 0. The third-order valence-corrected chi connectivity index (χ3v) is 5.77. The maximum absolute atomic E-state index is 13.3. The molecule has 2 aromatic rings. The van der Waals surface area contributed by atoms with E-state index in [0.29, 0.717) is 12.8 Å². The lowest BCUT2D eigenvalue weighted by atomic mass is 10.2. The van der Waals surface area contributed by atoms with Crippen molar-refractivity contribution in [3.63, 3.8) is 0 Å². The highest BCUT2D eigenvalue weighted by Crippen LogP contribution is 2.50. The number of anilines is 1. The molecule has 0 spiro atoms. The first kappa shape index (κ1) is 15.8. The zero-order chi connectivity index (χ0) is 15.1. The van der Waals surface area contributed by atoms with Crippen molar-refractivity contribution in [3.05, 3.63) is 60.2 Å². The summed E-state index contributed by atoms with van der Waals surface area (Å²) in [7, 11) is -2.88. The average molecular weight is 303 g/mol. The van der Waals surface area contributed by atoms with Crippen molar-refractivity contribution in [3.8, 4) is 0 Å². The van der Waals surface area contributed by atoms with Gasteiger partial charge in [0, 0.05) is 17.5 Å². The van der Waals surface area contributed by atoms with Crippen molar-refractivity contribution < 1.29 is 9.09 Å². The SMILES string of the molecule is CCNc1ccccc1CP(=O)(OCC)c1ccccc1. The van der Waals surface area contributed by atoms with Crippen molar-refractivity contribution in [2.45, 2.75) is 20.0 Å². The summed E-state index contributed by atoms with van der Waals surface area (Å²) in [5, 5.41) is 4.09. The van der Waals surface area contributed by atoms with Gasteiger partial charge in [-0.15, -0.1) is 0 Å². The molecule has 2 rings (SSSR count). The van der Waals surface area contributed by atoms with Gasteiger partial charge in [0.15, 0.2) is 0 Å². The number of nitrogens with one attached hydrogen (secondary N) is 1. The van der Waals surface area contributed by atoms with E-state index in [2.05, 4.69) is 12.2 Å². The number of para-hydroxylation sites is 1. The van der Waals surface area contributed by atoms with E-state index in [1.807, 2.05) is 61.5 Å². The number of rotatable bonds is 7. The third-order valence-electron chi connectivity index (χ3n) is 3.25. The van der Waals surface area contributed by atoms with E-state index in [-0.39, 0.29) is 0 Å². The van der Waals surface area contributed by atoms with E-state index in [1.54, 1.807) is 0 Å². The minimum Gasteiger partial charge on any atom is -0.385 e. The molecule has 0 bridgehead atoms. The highest BCUT2D eigenvalue weighted by molar-refractivity contribution is 7.66. The van der Waals surface area contributed by atoms with E-state index in [1.165, 1.54) is 0 Å². The fourth-order valence-electron chi connectivity index (χ4n) is 2.32. The summed E-state index contributed by atoms with van der Waals surface area (Å²) in [5.41, 5.74) is 2.05. The Labute approximate surface area is 126 Å². The van der Waals surface area contributed by atoms with Gasteiger partial charge in [0.1, 0.15) is 0 Å². The van der Waals surface area contributed by atoms with Gasteiger partial charge in [-0.05, 0) is 37.6 Å². The average Bonchev–Trinajstić information content (AvgIpc) is 2.51. The molecule has 112 valence electrons. The van der Waals surface area contributed by atoms with Gasteiger partial charge in [-0.2, -0.15) is 0 Å². The molecule has 2 aromatic carbocycles. The molecule has 0 aliphatic rings. The largest absolute Gasteiger partial charge is 0.385 e. The third kappa shape index (κ3) is 3.96. The van der Waals surface area contributed by atoms with Crippen molar-refractivity contribution in [2.75, 3.05) is 18.5 Å². The highest BCUT2D eigenvalue weighted by atomic mass is 31.2. The summed E-state index contributed by atoms with van der Waals surface area (Å²) in [6, 6.07) is 17.5. The highest BCUT2D eigenvalue weighted by Gasteiger charge is 2.26. The van der Waals surface area contributed by atoms with Gasteiger partial charge in [-0.25, -0.2) is 0 Å². The fourth-order valence-corrected chi connectivity index (χ4v) is 4.51. The van der Waals surface area contributed by atoms with Crippen LogP contribution in [-0.4, -0.2) is 13.2 Å². The molecule has 0 radical (unpaired) electrons. The summed E-state index contributed by atoms with van der Waals surface area (Å²) >= 11 is 0. The second-order valence-corrected chi connectivity index (χ2v) is 7.21. The second kappa shape index (κ2) is 7.44. The lowest BCUT2D eigenvalue weighted by Gasteiger charge is -2.20. The van der Waals surface area contributed by atoms with Gasteiger partial charge in [-0.1, -0.05) is 36.4 Å². The Balaban J connectivity index is 2.35. The molecule has 0 aliphatic carbocycles. The first-order valence-corrected chi connectivity index (χ1v) is 9.11. The Morgan fingerprint density at radius 1 is 1.00 bits per heavy atom. The molecule has 0 amide bonds. The predicted molar refractivity (Wildman–Crippen MR) is 89.6 cm³/mol. The van der Waals surface area contributed by atoms with Crippen LogP contribution in [0.1, 0.15) is 19.4 Å². The molecule has 0 saturated heterocycles. The molecule has 4 heteroatoms.